The van der Waals surface area contributed by atoms with Gasteiger partial charge in [0.25, 0.3) is 0 Å². The molecule has 0 aliphatic rings. The predicted octanol–water partition coefficient (Wildman–Crippen LogP) is 4.22. The van der Waals surface area contributed by atoms with E-state index in [0.29, 0.717) is 6.61 Å². The third-order valence-corrected chi connectivity index (χ3v) is 3.19. The SMILES string of the molecule is CCCCCCCCOC(=O)c1c(C)cccc1O. The summed E-state index contributed by atoms with van der Waals surface area (Å²) in [6.45, 7) is 4.41. The number of hydrogen-bond donors (Lipinski definition) is 1. The van der Waals surface area contributed by atoms with Crippen LogP contribution < -0.4 is 0 Å². The number of rotatable bonds is 8. The van der Waals surface area contributed by atoms with Gasteiger partial charge in [-0.1, -0.05) is 51.2 Å². The quantitative estimate of drug-likeness (QED) is 0.565. The van der Waals surface area contributed by atoms with Gasteiger partial charge >= 0.3 is 5.97 Å². The van der Waals surface area contributed by atoms with Crippen molar-refractivity contribution >= 4 is 5.97 Å². The van der Waals surface area contributed by atoms with Gasteiger partial charge in [0.2, 0.25) is 0 Å². The second kappa shape index (κ2) is 8.57. The Balaban J connectivity index is 2.28. The van der Waals surface area contributed by atoms with Crippen molar-refractivity contribution in [1.82, 2.24) is 0 Å². The average Bonchev–Trinajstić information content (AvgIpc) is 2.37. The maximum Gasteiger partial charge on any atom is 0.342 e. The number of unbranched alkanes of at least 4 members (excludes halogenated alkanes) is 5. The van der Waals surface area contributed by atoms with Gasteiger partial charge in [-0.3, -0.25) is 0 Å². The lowest BCUT2D eigenvalue weighted by Gasteiger charge is -2.08. The summed E-state index contributed by atoms with van der Waals surface area (Å²) in [7, 11) is 0. The molecule has 19 heavy (non-hydrogen) atoms. The molecule has 0 aromatic heterocycles. The molecule has 0 radical (unpaired) electrons. The lowest BCUT2D eigenvalue weighted by Crippen LogP contribution is -2.08. The highest BCUT2D eigenvalue weighted by molar-refractivity contribution is 5.93. The molecule has 0 saturated carbocycles. The average molecular weight is 264 g/mol. The number of carbonyl (C=O) groups excluding carboxylic acids is 1. The molecule has 3 heteroatoms. The fourth-order valence-corrected chi connectivity index (χ4v) is 2.04. The van der Waals surface area contributed by atoms with Crippen molar-refractivity contribution in [3.8, 4) is 5.75 Å². The Morgan fingerprint density at radius 3 is 2.53 bits per heavy atom. The zero-order valence-electron chi connectivity index (χ0n) is 11.9. The molecule has 0 saturated heterocycles. The molecule has 1 rings (SSSR count). The molecule has 0 unspecified atom stereocenters. The Labute approximate surface area is 115 Å². The van der Waals surface area contributed by atoms with E-state index in [1.807, 2.05) is 0 Å². The zero-order chi connectivity index (χ0) is 14.1. The monoisotopic (exact) mass is 264 g/mol. The van der Waals surface area contributed by atoms with Crippen LogP contribution in [0.5, 0.6) is 5.75 Å². The van der Waals surface area contributed by atoms with Crippen molar-refractivity contribution in [2.45, 2.75) is 52.4 Å². The van der Waals surface area contributed by atoms with E-state index >= 15 is 0 Å². The first kappa shape index (κ1) is 15.5. The van der Waals surface area contributed by atoms with Crippen LogP contribution in [0.3, 0.4) is 0 Å². The summed E-state index contributed by atoms with van der Waals surface area (Å²) in [6, 6.07) is 5.02. The topological polar surface area (TPSA) is 46.5 Å². The minimum Gasteiger partial charge on any atom is -0.507 e. The van der Waals surface area contributed by atoms with Crippen LogP contribution >= 0.6 is 0 Å². The highest BCUT2D eigenvalue weighted by atomic mass is 16.5. The number of carbonyl (C=O) groups is 1. The second-order valence-electron chi connectivity index (χ2n) is 4.87. The molecule has 0 bridgehead atoms. The van der Waals surface area contributed by atoms with Crippen LogP contribution in [0, 0.1) is 6.92 Å². The van der Waals surface area contributed by atoms with Gasteiger partial charge in [-0.05, 0) is 25.0 Å². The Kier molecular flexibility index (Phi) is 7.01. The highest BCUT2D eigenvalue weighted by Gasteiger charge is 2.14. The lowest BCUT2D eigenvalue weighted by atomic mass is 10.1. The Bertz CT molecular complexity index is 379. The number of phenols is 1. The van der Waals surface area contributed by atoms with Gasteiger partial charge < -0.3 is 9.84 Å². The zero-order valence-corrected chi connectivity index (χ0v) is 11.9. The number of aromatic hydroxyl groups is 1. The third kappa shape index (κ3) is 5.33. The molecule has 1 aromatic rings. The maximum absolute atomic E-state index is 11.8. The molecule has 1 aromatic carbocycles. The molecule has 0 aliphatic carbocycles. The maximum atomic E-state index is 11.8. The van der Waals surface area contributed by atoms with E-state index in [0.717, 1.165) is 18.4 Å². The molecule has 0 aliphatic heterocycles. The molecule has 1 N–H and O–H groups in total. The smallest absolute Gasteiger partial charge is 0.342 e. The Morgan fingerprint density at radius 1 is 1.16 bits per heavy atom. The first-order valence-corrected chi connectivity index (χ1v) is 7.12. The number of esters is 1. The molecule has 0 spiro atoms. The van der Waals surface area contributed by atoms with Crippen LogP contribution in [-0.4, -0.2) is 17.7 Å². The van der Waals surface area contributed by atoms with E-state index in [2.05, 4.69) is 6.92 Å². The first-order valence-electron chi connectivity index (χ1n) is 7.12. The van der Waals surface area contributed by atoms with Crippen molar-refractivity contribution in [2.75, 3.05) is 6.61 Å². The lowest BCUT2D eigenvalue weighted by molar-refractivity contribution is 0.0493. The molecular weight excluding hydrogens is 240 g/mol. The van der Waals surface area contributed by atoms with Crippen LogP contribution in [0.15, 0.2) is 18.2 Å². The summed E-state index contributed by atoms with van der Waals surface area (Å²) in [6.07, 6.45) is 6.94. The summed E-state index contributed by atoms with van der Waals surface area (Å²) in [4.78, 5) is 11.8. The van der Waals surface area contributed by atoms with E-state index in [1.165, 1.54) is 31.7 Å². The van der Waals surface area contributed by atoms with Gasteiger partial charge in [0, 0.05) is 0 Å². The third-order valence-electron chi connectivity index (χ3n) is 3.19. The van der Waals surface area contributed by atoms with Crippen molar-refractivity contribution in [2.24, 2.45) is 0 Å². The Hall–Kier alpha value is -1.51. The van der Waals surface area contributed by atoms with Gasteiger partial charge in [-0.15, -0.1) is 0 Å². The van der Waals surface area contributed by atoms with Crippen molar-refractivity contribution in [1.29, 1.82) is 0 Å². The largest absolute Gasteiger partial charge is 0.507 e. The standard InChI is InChI=1S/C16H24O3/c1-3-4-5-6-7-8-12-19-16(18)15-13(2)10-9-11-14(15)17/h9-11,17H,3-8,12H2,1-2H3. The van der Waals surface area contributed by atoms with Gasteiger partial charge in [-0.2, -0.15) is 0 Å². The molecule has 0 heterocycles. The number of benzene rings is 1. The molecule has 0 amide bonds. The van der Waals surface area contributed by atoms with E-state index < -0.39 is 5.97 Å². The van der Waals surface area contributed by atoms with Crippen molar-refractivity contribution < 1.29 is 14.6 Å². The minimum absolute atomic E-state index is 0.00653. The van der Waals surface area contributed by atoms with Crippen LogP contribution in [0.2, 0.25) is 0 Å². The predicted molar refractivity (Wildman–Crippen MR) is 76.5 cm³/mol. The van der Waals surface area contributed by atoms with E-state index in [-0.39, 0.29) is 11.3 Å². The van der Waals surface area contributed by atoms with E-state index in [4.69, 9.17) is 4.74 Å². The normalized spacial score (nSPS) is 10.4. The molecule has 0 fully saturated rings. The first-order chi connectivity index (χ1) is 9.16. The minimum atomic E-state index is -0.427. The van der Waals surface area contributed by atoms with Crippen LogP contribution in [0.25, 0.3) is 0 Å². The van der Waals surface area contributed by atoms with E-state index in [1.54, 1.807) is 19.1 Å². The van der Waals surface area contributed by atoms with Gasteiger partial charge in [0.1, 0.15) is 11.3 Å². The summed E-state index contributed by atoms with van der Waals surface area (Å²) in [5.41, 5.74) is 1.03. The fourth-order valence-electron chi connectivity index (χ4n) is 2.04. The second-order valence-corrected chi connectivity index (χ2v) is 4.87. The van der Waals surface area contributed by atoms with Crippen LogP contribution in [-0.2, 0) is 4.74 Å². The highest BCUT2D eigenvalue weighted by Crippen LogP contribution is 2.21. The van der Waals surface area contributed by atoms with Gasteiger partial charge in [0.15, 0.2) is 0 Å². The van der Waals surface area contributed by atoms with Crippen LogP contribution in [0.1, 0.15) is 61.4 Å². The molecular formula is C16H24O3. The number of ether oxygens (including phenoxy) is 1. The molecule has 3 nitrogen and oxygen atoms in total. The Morgan fingerprint density at radius 2 is 1.84 bits per heavy atom. The fraction of sp³-hybridized carbons (Fsp3) is 0.562. The van der Waals surface area contributed by atoms with Gasteiger partial charge in [-0.25, -0.2) is 4.79 Å². The summed E-state index contributed by atoms with van der Waals surface area (Å²) >= 11 is 0. The summed E-state index contributed by atoms with van der Waals surface area (Å²) in [5, 5.41) is 9.66. The number of aryl methyl sites for hydroxylation is 1. The van der Waals surface area contributed by atoms with Crippen molar-refractivity contribution in [3.05, 3.63) is 29.3 Å². The summed E-state index contributed by atoms with van der Waals surface area (Å²) < 4.78 is 5.20. The van der Waals surface area contributed by atoms with Crippen LogP contribution in [0.4, 0.5) is 0 Å². The number of hydrogen-bond acceptors (Lipinski definition) is 3. The van der Waals surface area contributed by atoms with Gasteiger partial charge in [0.05, 0.1) is 6.61 Å². The number of phenolic OH excluding ortho intramolecular Hbond substituents is 1. The summed E-state index contributed by atoms with van der Waals surface area (Å²) in [5.74, 6) is -0.433. The van der Waals surface area contributed by atoms with E-state index in [9.17, 15) is 9.90 Å². The van der Waals surface area contributed by atoms with Crippen molar-refractivity contribution in [3.63, 3.8) is 0 Å². The molecule has 106 valence electrons. The molecule has 0 atom stereocenters.